The molecule has 1 unspecified atom stereocenters. The van der Waals surface area contributed by atoms with Crippen LogP contribution >= 0.6 is 22.9 Å². The van der Waals surface area contributed by atoms with Gasteiger partial charge in [0.2, 0.25) is 0 Å². The summed E-state index contributed by atoms with van der Waals surface area (Å²) in [5.74, 6) is 0. The topological polar surface area (TPSA) is 29.3 Å². The van der Waals surface area contributed by atoms with Crippen LogP contribution in [0, 0.1) is 0 Å². The summed E-state index contributed by atoms with van der Waals surface area (Å²) >= 11 is 7.88. The molecular formula is C16H19ClN2S. The second-order valence-corrected chi connectivity index (χ2v) is 6.56. The van der Waals surface area contributed by atoms with Gasteiger partial charge in [0.25, 0.3) is 0 Å². The van der Waals surface area contributed by atoms with Crippen molar-refractivity contribution in [1.82, 2.24) is 4.90 Å². The smallest absolute Gasteiger partial charge is 0.0477 e. The van der Waals surface area contributed by atoms with Crippen molar-refractivity contribution in [1.29, 1.82) is 0 Å². The maximum atomic E-state index is 6.13. The first-order valence-corrected chi connectivity index (χ1v) is 8.32. The standard InChI is InChI=1S/C16H19ClN2S/c17-14-3-1-2-13(8-14)16(9-18)19(15-4-5-15)10-12-6-7-20-11-12/h1-3,6-8,11,15-16H,4-5,9-10,18H2. The zero-order chi connectivity index (χ0) is 13.9. The van der Waals surface area contributed by atoms with Gasteiger partial charge in [0.1, 0.15) is 0 Å². The minimum absolute atomic E-state index is 0.251. The number of halogens is 1. The van der Waals surface area contributed by atoms with Crippen molar-refractivity contribution in [3.8, 4) is 0 Å². The molecule has 2 N–H and O–H groups in total. The van der Waals surface area contributed by atoms with E-state index in [0.29, 0.717) is 12.6 Å². The van der Waals surface area contributed by atoms with Gasteiger partial charge in [0.05, 0.1) is 0 Å². The zero-order valence-corrected chi connectivity index (χ0v) is 12.9. The van der Waals surface area contributed by atoms with Crippen LogP contribution in [0.2, 0.25) is 5.02 Å². The third-order valence-electron chi connectivity index (χ3n) is 3.82. The SMILES string of the molecule is NCC(c1cccc(Cl)c1)N(Cc1ccsc1)C1CC1. The highest BCUT2D eigenvalue weighted by Gasteiger charge is 2.34. The summed E-state index contributed by atoms with van der Waals surface area (Å²) < 4.78 is 0. The van der Waals surface area contributed by atoms with Crippen LogP contribution in [-0.2, 0) is 6.54 Å². The largest absolute Gasteiger partial charge is 0.329 e. The van der Waals surface area contributed by atoms with E-state index in [1.165, 1.54) is 24.0 Å². The van der Waals surface area contributed by atoms with E-state index >= 15 is 0 Å². The number of nitrogens with zero attached hydrogens (tertiary/aromatic N) is 1. The van der Waals surface area contributed by atoms with Gasteiger partial charge in [-0.25, -0.2) is 0 Å². The van der Waals surface area contributed by atoms with Gasteiger partial charge in [0.15, 0.2) is 0 Å². The third-order valence-corrected chi connectivity index (χ3v) is 4.79. The van der Waals surface area contributed by atoms with Gasteiger partial charge in [-0.2, -0.15) is 11.3 Å². The number of rotatable bonds is 6. The molecule has 4 heteroatoms. The minimum atomic E-state index is 0.251. The van der Waals surface area contributed by atoms with Gasteiger partial charge in [-0.1, -0.05) is 23.7 Å². The van der Waals surface area contributed by atoms with Gasteiger partial charge in [0, 0.05) is 30.2 Å². The highest BCUT2D eigenvalue weighted by molar-refractivity contribution is 7.07. The molecule has 1 aliphatic carbocycles. The summed E-state index contributed by atoms with van der Waals surface area (Å²) in [4.78, 5) is 2.54. The van der Waals surface area contributed by atoms with Gasteiger partial charge in [-0.05, 0) is 52.9 Å². The van der Waals surface area contributed by atoms with Crippen LogP contribution in [0.15, 0.2) is 41.1 Å². The predicted molar refractivity (Wildman–Crippen MR) is 86.1 cm³/mol. The number of hydrogen-bond acceptors (Lipinski definition) is 3. The number of benzene rings is 1. The molecule has 0 amide bonds. The molecular weight excluding hydrogens is 288 g/mol. The Balaban J connectivity index is 1.84. The van der Waals surface area contributed by atoms with Crippen molar-refractivity contribution in [2.75, 3.05) is 6.54 Å². The second-order valence-electron chi connectivity index (χ2n) is 5.34. The van der Waals surface area contributed by atoms with E-state index in [4.69, 9.17) is 17.3 Å². The Morgan fingerprint density at radius 3 is 2.80 bits per heavy atom. The minimum Gasteiger partial charge on any atom is -0.329 e. The summed E-state index contributed by atoms with van der Waals surface area (Å²) in [5.41, 5.74) is 8.67. The lowest BCUT2D eigenvalue weighted by molar-refractivity contribution is 0.182. The van der Waals surface area contributed by atoms with Gasteiger partial charge in [-0.3, -0.25) is 4.90 Å². The van der Waals surface area contributed by atoms with Crippen LogP contribution in [0.4, 0.5) is 0 Å². The number of nitrogens with two attached hydrogens (primary N) is 1. The van der Waals surface area contributed by atoms with E-state index in [1.54, 1.807) is 11.3 Å². The fraction of sp³-hybridized carbons (Fsp3) is 0.375. The Morgan fingerprint density at radius 1 is 1.35 bits per heavy atom. The monoisotopic (exact) mass is 306 g/mol. The van der Waals surface area contributed by atoms with Gasteiger partial charge in [-0.15, -0.1) is 0 Å². The van der Waals surface area contributed by atoms with E-state index < -0.39 is 0 Å². The zero-order valence-electron chi connectivity index (χ0n) is 11.3. The molecule has 2 nitrogen and oxygen atoms in total. The van der Waals surface area contributed by atoms with E-state index in [1.807, 2.05) is 18.2 Å². The Kier molecular flexibility index (Phi) is 4.41. The first-order valence-electron chi connectivity index (χ1n) is 7.00. The van der Waals surface area contributed by atoms with Crippen molar-refractivity contribution < 1.29 is 0 Å². The molecule has 1 aromatic heterocycles. The molecule has 20 heavy (non-hydrogen) atoms. The lowest BCUT2D eigenvalue weighted by atomic mass is 10.0. The maximum absolute atomic E-state index is 6.13. The highest BCUT2D eigenvalue weighted by Crippen LogP contribution is 2.36. The fourth-order valence-corrected chi connectivity index (χ4v) is 3.53. The molecule has 2 aromatic rings. The Morgan fingerprint density at radius 2 is 2.20 bits per heavy atom. The summed E-state index contributed by atoms with van der Waals surface area (Å²) in [7, 11) is 0. The van der Waals surface area contributed by atoms with Crippen molar-refractivity contribution in [2.24, 2.45) is 5.73 Å². The fourth-order valence-electron chi connectivity index (χ4n) is 2.67. The molecule has 0 saturated heterocycles. The van der Waals surface area contributed by atoms with Crippen molar-refractivity contribution in [3.63, 3.8) is 0 Å². The first kappa shape index (κ1) is 14.1. The number of thiophene rings is 1. The predicted octanol–water partition coefficient (Wildman–Crippen LogP) is 4.07. The maximum Gasteiger partial charge on any atom is 0.0477 e. The third kappa shape index (κ3) is 3.23. The Hall–Kier alpha value is -0.870. The summed E-state index contributed by atoms with van der Waals surface area (Å²) in [6, 6.07) is 11.2. The van der Waals surface area contributed by atoms with E-state index in [-0.39, 0.29) is 6.04 Å². The van der Waals surface area contributed by atoms with Crippen molar-refractivity contribution in [3.05, 3.63) is 57.2 Å². The Labute approximate surface area is 129 Å². The molecule has 1 fully saturated rings. The average Bonchev–Trinajstić information content (AvgIpc) is 3.16. The normalized spacial score (nSPS) is 16.6. The highest BCUT2D eigenvalue weighted by atomic mass is 35.5. The van der Waals surface area contributed by atoms with Crippen LogP contribution in [-0.4, -0.2) is 17.5 Å². The molecule has 1 atom stereocenters. The van der Waals surface area contributed by atoms with Crippen LogP contribution in [0.25, 0.3) is 0 Å². The average molecular weight is 307 g/mol. The number of hydrogen-bond donors (Lipinski definition) is 1. The van der Waals surface area contributed by atoms with Crippen LogP contribution in [0.1, 0.15) is 30.0 Å². The molecule has 3 rings (SSSR count). The lowest BCUT2D eigenvalue weighted by Crippen LogP contribution is -2.35. The van der Waals surface area contributed by atoms with Crippen LogP contribution in [0.3, 0.4) is 0 Å². The second kappa shape index (κ2) is 6.27. The molecule has 0 spiro atoms. The Bertz CT molecular complexity index is 551. The summed E-state index contributed by atoms with van der Waals surface area (Å²) in [6.07, 6.45) is 2.56. The van der Waals surface area contributed by atoms with E-state index in [0.717, 1.165) is 11.6 Å². The van der Waals surface area contributed by atoms with Crippen molar-refractivity contribution >= 4 is 22.9 Å². The molecule has 0 radical (unpaired) electrons. The molecule has 1 heterocycles. The summed E-state index contributed by atoms with van der Waals surface area (Å²) in [6.45, 7) is 1.60. The quantitative estimate of drug-likeness (QED) is 0.872. The van der Waals surface area contributed by atoms with Gasteiger partial charge < -0.3 is 5.73 Å². The molecule has 1 saturated carbocycles. The molecule has 0 bridgehead atoms. The molecule has 0 aliphatic heterocycles. The summed E-state index contributed by atoms with van der Waals surface area (Å²) in [5, 5.41) is 5.14. The lowest BCUT2D eigenvalue weighted by Gasteiger charge is -2.31. The van der Waals surface area contributed by atoms with E-state index in [2.05, 4.69) is 27.8 Å². The molecule has 1 aromatic carbocycles. The van der Waals surface area contributed by atoms with Crippen molar-refractivity contribution in [2.45, 2.75) is 31.5 Å². The molecule has 1 aliphatic rings. The molecule has 106 valence electrons. The van der Waals surface area contributed by atoms with Crippen LogP contribution in [0.5, 0.6) is 0 Å². The first-order chi connectivity index (χ1) is 9.78. The van der Waals surface area contributed by atoms with Gasteiger partial charge >= 0.3 is 0 Å². The van der Waals surface area contributed by atoms with Crippen LogP contribution < -0.4 is 5.73 Å². The van der Waals surface area contributed by atoms with E-state index in [9.17, 15) is 0 Å².